The molecule has 0 aliphatic carbocycles. The zero-order valence-electron chi connectivity index (χ0n) is 9.17. The quantitative estimate of drug-likeness (QED) is 0.805. The first-order chi connectivity index (χ1) is 8.15. The Morgan fingerprint density at radius 2 is 2.29 bits per heavy atom. The smallest absolute Gasteiger partial charge is 0.337 e. The third-order valence-corrected chi connectivity index (χ3v) is 2.48. The Hall–Kier alpha value is -1.79. The molecule has 0 aromatic heterocycles. The molecule has 6 nitrogen and oxygen atoms in total. The second-order valence-corrected chi connectivity index (χ2v) is 3.55. The molecule has 2 rings (SSSR count). The van der Waals surface area contributed by atoms with Crippen LogP contribution in [-0.4, -0.2) is 30.1 Å². The number of carbonyl (C=O) groups is 1. The highest BCUT2D eigenvalue weighted by Gasteiger charge is 2.29. The number of hydrogen-bond acceptors (Lipinski definition) is 5. The molecule has 0 amide bonds. The van der Waals surface area contributed by atoms with Crippen LogP contribution < -0.4 is 9.47 Å². The SMILES string of the molecule is COCc1ccc2c(c1C(O)C(=O)O)OCO2. The summed E-state index contributed by atoms with van der Waals surface area (Å²) >= 11 is 0. The van der Waals surface area contributed by atoms with Gasteiger partial charge in [0.2, 0.25) is 6.79 Å². The first kappa shape index (κ1) is 11.7. The van der Waals surface area contributed by atoms with E-state index in [0.29, 0.717) is 11.3 Å². The van der Waals surface area contributed by atoms with Crippen molar-refractivity contribution in [2.24, 2.45) is 0 Å². The normalized spacial score (nSPS) is 14.7. The number of methoxy groups -OCH3 is 1. The summed E-state index contributed by atoms with van der Waals surface area (Å²) in [5.74, 6) is -0.638. The van der Waals surface area contributed by atoms with Crippen LogP contribution in [0.1, 0.15) is 17.2 Å². The molecule has 1 aromatic rings. The predicted molar refractivity (Wildman–Crippen MR) is 55.9 cm³/mol. The first-order valence-electron chi connectivity index (χ1n) is 4.96. The lowest BCUT2D eigenvalue weighted by Crippen LogP contribution is -2.14. The fourth-order valence-electron chi connectivity index (χ4n) is 1.74. The number of benzene rings is 1. The van der Waals surface area contributed by atoms with E-state index >= 15 is 0 Å². The van der Waals surface area contributed by atoms with Crippen LogP contribution in [0.15, 0.2) is 12.1 Å². The molecule has 92 valence electrons. The molecule has 1 aliphatic heterocycles. The second-order valence-electron chi connectivity index (χ2n) is 3.55. The molecule has 0 saturated carbocycles. The highest BCUT2D eigenvalue weighted by atomic mass is 16.7. The predicted octanol–water partition coefficient (Wildman–Crippen LogP) is 0.680. The molecular formula is C11H12O6. The van der Waals surface area contributed by atoms with Gasteiger partial charge in [-0.2, -0.15) is 0 Å². The topological polar surface area (TPSA) is 85.2 Å². The van der Waals surface area contributed by atoms with E-state index in [1.807, 2.05) is 0 Å². The van der Waals surface area contributed by atoms with Crippen molar-refractivity contribution in [3.63, 3.8) is 0 Å². The van der Waals surface area contributed by atoms with Crippen LogP contribution in [-0.2, 0) is 16.1 Å². The summed E-state index contributed by atoms with van der Waals surface area (Å²) in [6.45, 7) is 0.210. The third-order valence-electron chi connectivity index (χ3n) is 2.48. The Morgan fingerprint density at radius 3 is 2.94 bits per heavy atom. The molecular weight excluding hydrogens is 228 g/mol. The van der Waals surface area contributed by atoms with Gasteiger partial charge in [0.1, 0.15) is 0 Å². The van der Waals surface area contributed by atoms with Gasteiger partial charge in [-0.25, -0.2) is 4.79 Å². The van der Waals surface area contributed by atoms with E-state index < -0.39 is 12.1 Å². The van der Waals surface area contributed by atoms with Gasteiger partial charge in [0, 0.05) is 12.7 Å². The van der Waals surface area contributed by atoms with Gasteiger partial charge in [0.15, 0.2) is 17.6 Å². The number of aliphatic hydroxyl groups excluding tert-OH is 1. The number of fused-ring (bicyclic) bond motifs is 1. The lowest BCUT2D eigenvalue weighted by atomic mass is 10.0. The summed E-state index contributed by atoms with van der Waals surface area (Å²) in [5, 5.41) is 18.6. The number of aliphatic carboxylic acids is 1. The van der Waals surface area contributed by atoms with Gasteiger partial charge >= 0.3 is 5.97 Å². The highest BCUT2D eigenvalue weighted by Crippen LogP contribution is 2.41. The van der Waals surface area contributed by atoms with E-state index in [9.17, 15) is 9.90 Å². The second kappa shape index (κ2) is 4.60. The van der Waals surface area contributed by atoms with E-state index in [4.69, 9.17) is 19.3 Å². The minimum atomic E-state index is -1.66. The molecule has 0 fully saturated rings. The fraction of sp³-hybridized carbons (Fsp3) is 0.364. The maximum Gasteiger partial charge on any atom is 0.337 e. The molecule has 0 spiro atoms. The van der Waals surface area contributed by atoms with Crippen LogP contribution in [0.5, 0.6) is 11.5 Å². The monoisotopic (exact) mass is 240 g/mol. The van der Waals surface area contributed by atoms with Gasteiger partial charge in [0.25, 0.3) is 0 Å². The van der Waals surface area contributed by atoms with E-state index in [2.05, 4.69) is 0 Å². The lowest BCUT2D eigenvalue weighted by molar-refractivity contribution is -0.147. The van der Waals surface area contributed by atoms with Crippen molar-refractivity contribution in [2.45, 2.75) is 12.7 Å². The third kappa shape index (κ3) is 2.04. The fourth-order valence-corrected chi connectivity index (χ4v) is 1.74. The number of ether oxygens (including phenoxy) is 3. The molecule has 0 bridgehead atoms. The van der Waals surface area contributed by atoms with Crippen LogP contribution in [0.2, 0.25) is 0 Å². The van der Waals surface area contributed by atoms with Crippen molar-refractivity contribution in [3.8, 4) is 11.5 Å². The van der Waals surface area contributed by atoms with Gasteiger partial charge in [0.05, 0.1) is 6.61 Å². The molecule has 1 aliphatic rings. The summed E-state index contributed by atoms with van der Waals surface area (Å²) in [6.07, 6.45) is -1.66. The maximum absolute atomic E-state index is 10.9. The first-order valence-corrected chi connectivity index (χ1v) is 4.96. The van der Waals surface area contributed by atoms with Crippen molar-refractivity contribution in [2.75, 3.05) is 13.9 Å². The number of rotatable bonds is 4. The summed E-state index contributed by atoms with van der Waals surface area (Å²) < 4.78 is 15.3. The summed E-state index contributed by atoms with van der Waals surface area (Å²) in [6, 6.07) is 3.31. The summed E-state index contributed by atoms with van der Waals surface area (Å²) in [4.78, 5) is 10.9. The van der Waals surface area contributed by atoms with E-state index in [-0.39, 0.29) is 24.7 Å². The molecule has 1 atom stereocenters. The maximum atomic E-state index is 10.9. The number of hydrogen-bond donors (Lipinski definition) is 2. The van der Waals surface area contributed by atoms with Crippen molar-refractivity contribution >= 4 is 5.97 Å². The molecule has 1 unspecified atom stereocenters. The molecule has 6 heteroatoms. The van der Waals surface area contributed by atoms with Gasteiger partial charge < -0.3 is 24.4 Å². The minimum absolute atomic E-state index is 0.0190. The Bertz CT molecular complexity index is 442. The van der Waals surface area contributed by atoms with Crippen LogP contribution in [0.3, 0.4) is 0 Å². The van der Waals surface area contributed by atoms with Crippen LogP contribution >= 0.6 is 0 Å². The van der Waals surface area contributed by atoms with Crippen LogP contribution in [0.4, 0.5) is 0 Å². The van der Waals surface area contributed by atoms with E-state index in [0.717, 1.165) is 0 Å². The standard InChI is InChI=1S/C11H12O6/c1-15-4-6-2-3-7-10(17-5-16-7)8(6)9(12)11(13)14/h2-3,9,12H,4-5H2,1H3,(H,13,14). The highest BCUT2D eigenvalue weighted by molar-refractivity contribution is 5.77. The van der Waals surface area contributed by atoms with Gasteiger partial charge in [-0.3, -0.25) is 0 Å². The number of aliphatic hydroxyl groups is 1. The minimum Gasteiger partial charge on any atom is -0.479 e. The summed E-state index contributed by atoms with van der Waals surface area (Å²) in [7, 11) is 1.49. The van der Waals surface area contributed by atoms with Crippen molar-refractivity contribution in [3.05, 3.63) is 23.3 Å². The molecule has 1 heterocycles. The lowest BCUT2D eigenvalue weighted by Gasteiger charge is -2.14. The Balaban J connectivity index is 2.51. The van der Waals surface area contributed by atoms with Crippen LogP contribution in [0.25, 0.3) is 0 Å². The van der Waals surface area contributed by atoms with Gasteiger partial charge in [-0.1, -0.05) is 6.07 Å². The zero-order chi connectivity index (χ0) is 12.4. The van der Waals surface area contributed by atoms with E-state index in [1.165, 1.54) is 7.11 Å². The Morgan fingerprint density at radius 1 is 1.53 bits per heavy atom. The Kier molecular flexibility index (Phi) is 3.16. The molecule has 1 aromatic carbocycles. The van der Waals surface area contributed by atoms with Crippen LogP contribution in [0, 0.1) is 0 Å². The molecule has 0 saturated heterocycles. The van der Waals surface area contributed by atoms with Gasteiger partial charge in [-0.05, 0) is 11.6 Å². The molecule has 2 N–H and O–H groups in total. The molecule has 0 radical (unpaired) electrons. The number of carboxylic acids is 1. The average molecular weight is 240 g/mol. The van der Waals surface area contributed by atoms with Crippen molar-refractivity contribution in [1.82, 2.24) is 0 Å². The number of carboxylic acid groups (broad SMARTS) is 1. The van der Waals surface area contributed by atoms with Crippen molar-refractivity contribution < 1.29 is 29.2 Å². The largest absolute Gasteiger partial charge is 0.479 e. The summed E-state index contributed by atoms with van der Waals surface area (Å²) in [5.41, 5.74) is 0.751. The Labute approximate surface area is 97.3 Å². The van der Waals surface area contributed by atoms with Crippen molar-refractivity contribution in [1.29, 1.82) is 0 Å². The molecule has 17 heavy (non-hydrogen) atoms. The van der Waals surface area contributed by atoms with Gasteiger partial charge in [-0.15, -0.1) is 0 Å². The zero-order valence-corrected chi connectivity index (χ0v) is 9.17. The average Bonchev–Trinajstić information content (AvgIpc) is 2.76. The van der Waals surface area contributed by atoms with E-state index in [1.54, 1.807) is 12.1 Å².